The first-order valence-corrected chi connectivity index (χ1v) is 7.76. The lowest BCUT2D eigenvalue weighted by Crippen LogP contribution is -2.23. The minimum Gasteiger partial charge on any atom is -0.491 e. The molecule has 4 heteroatoms. The topological polar surface area (TPSA) is 30.5 Å². The van der Waals surface area contributed by atoms with Gasteiger partial charge >= 0.3 is 0 Å². The lowest BCUT2D eigenvalue weighted by molar-refractivity contribution is 0.101. The molecule has 1 atom stereocenters. The van der Waals surface area contributed by atoms with Crippen LogP contribution in [0.2, 0.25) is 0 Å². The first-order valence-electron chi connectivity index (χ1n) is 6.88. The van der Waals surface area contributed by atoms with Gasteiger partial charge in [-0.05, 0) is 30.5 Å². The van der Waals surface area contributed by atoms with Crippen molar-refractivity contribution in [3.05, 3.63) is 52.7 Å². The highest BCUT2D eigenvalue weighted by atomic mass is 32.1. The van der Waals surface area contributed by atoms with E-state index in [0.717, 1.165) is 12.3 Å². The second-order valence-corrected chi connectivity index (χ2v) is 5.44. The second-order valence-electron chi connectivity index (χ2n) is 4.47. The first-order chi connectivity index (χ1) is 9.86. The fourth-order valence-corrected chi connectivity index (χ4v) is 2.58. The van der Waals surface area contributed by atoms with Gasteiger partial charge in [0, 0.05) is 17.5 Å². The Morgan fingerprint density at radius 3 is 2.65 bits per heavy atom. The van der Waals surface area contributed by atoms with E-state index in [1.807, 2.05) is 30.3 Å². The van der Waals surface area contributed by atoms with Gasteiger partial charge < -0.3 is 14.8 Å². The molecule has 2 aromatic rings. The Morgan fingerprint density at radius 1 is 1.05 bits per heavy atom. The van der Waals surface area contributed by atoms with Crippen LogP contribution in [0.1, 0.15) is 17.8 Å². The molecule has 0 spiro atoms. The average Bonchev–Trinajstić information content (AvgIpc) is 3.01. The maximum absolute atomic E-state index is 5.55. The van der Waals surface area contributed by atoms with Crippen LogP contribution in [0.5, 0.6) is 5.75 Å². The number of rotatable bonds is 9. The Labute approximate surface area is 124 Å². The van der Waals surface area contributed by atoms with E-state index >= 15 is 0 Å². The number of thiophene rings is 1. The molecule has 1 unspecified atom stereocenters. The second kappa shape index (κ2) is 8.74. The van der Waals surface area contributed by atoms with Crippen molar-refractivity contribution in [1.29, 1.82) is 0 Å². The van der Waals surface area contributed by atoms with Gasteiger partial charge in [0.1, 0.15) is 12.4 Å². The van der Waals surface area contributed by atoms with Gasteiger partial charge in [-0.3, -0.25) is 0 Å². The van der Waals surface area contributed by atoms with Crippen LogP contribution in [-0.2, 0) is 4.74 Å². The minimum absolute atomic E-state index is 0.388. The number of benzene rings is 1. The van der Waals surface area contributed by atoms with Gasteiger partial charge in [-0.2, -0.15) is 0 Å². The summed E-state index contributed by atoms with van der Waals surface area (Å²) < 4.78 is 11.1. The predicted octanol–water partition coefficient (Wildman–Crippen LogP) is 3.49. The van der Waals surface area contributed by atoms with E-state index in [1.165, 1.54) is 4.88 Å². The van der Waals surface area contributed by atoms with Crippen LogP contribution < -0.4 is 10.1 Å². The smallest absolute Gasteiger partial charge is 0.119 e. The van der Waals surface area contributed by atoms with Gasteiger partial charge in [-0.15, -0.1) is 11.3 Å². The quantitative estimate of drug-likeness (QED) is 0.717. The Balaban J connectivity index is 1.48. The molecule has 1 aromatic heterocycles. The van der Waals surface area contributed by atoms with Crippen LogP contribution in [0, 0.1) is 0 Å². The van der Waals surface area contributed by atoms with Crippen LogP contribution in [-0.4, -0.2) is 26.4 Å². The molecule has 3 nitrogen and oxygen atoms in total. The third-order valence-electron chi connectivity index (χ3n) is 2.91. The molecule has 0 saturated carbocycles. The van der Waals surface area contributed by atoms with Crippen molar-refractivity contribution >= 4 is 11.3 Å². The Morgan fingerprint density at radius 2 is 1.90 bits per heavy atom. The third-order valence-corrected chi connectivity index (χ3v) is 3.96. The Hall–Kier alpha value is -1.36. The first kappa shape index (κ1) is 15.0. The van der Waals surface area contributed by atoms with Gasteiger partial charge in [0.25, 0.3) is 0 Å². The van der Waals surface area contributed by atoms with Gasteiger partial charge in [0.2, 0.25) is 0 Å². The number of hydrogen-bond acceptors (Lipinski definition) is 4. The zero-order valence-electron chi connectivity index (χ0n) is 11.7. The van der Waals surface area contributed by atoms with Gasteiger partial charge in [0.15, 0.2) is 0 Å². The van der Waals surface area contributed by atoms with Crippen molar-refractivity contribution in [3.8, 4) is 5.75 Å². The summed E-state index contributed by atoms with van der Waals surface area (Å²) in [6.07, 6.45) is 0. The van der Waals surface area contributed by atoms with E-state index in [9.17, 15) is 0 Å². The lowest BCUT2D eigenvalue weighted by atomic mass is 10.3. The lowest BCUT2D eigenvalue weighted by Gasteiger charge is -2.12. The maximum atomic E-state index is 5.55. The Kier molecular flexibility index (Phi) is 6.57. The summed E-state index contributed by atoms with van der Waals surface area (Å²) in [6.45, 7) is 4.93. The summed E-state index contributed by atoms with van der Waals surface area (Å²) in [6, 6.07) is 14.4. The van der Waals surface area contributed by atoms with Crippen LogP contribution in [0.4, 0.5) is 0 Å². The van der Waals surface area contributed by atoms with Gasteiger partial charge in [-0.1, -0.05) is 24.3 Å². The fourth-order valence-electron chi connectivity index (χ4n) is 1.82. The highest BCUT2D eigenvalue weighted by Crippen LogP contribution is 2.17. The molecule has 0 aliphatic rings. The average molecular weight is 291 g/mol. The van der Waals surface area contributed by atoms with Crippen molar-refractivity contribution in [2.45, 2.75) is 13.0 Å². The molecule has 0 aliphatic carbocycles. The largest absolute Gasteiger partial charge is 0.491 e. The molecule has 2 rings (SSSR count). The molecule has 1 aromatic carbocycles. The molecular weight excluding hydrogens is 270 g/mol. The third kappa shape index (κ3) is 5.33. The van der Waals surface area contributed by atoms with E-state index < -0.39 is 0 Å². The molecule has 0 fully saturated rings. The highest BCUT2D eigenvalue weighted by molar-refractivity contribution is 7.10. The molecule has 0 bridgehead atoms. The SMILES string of the molecule is CC(NCCOCCOc1ccccc1)c1cccs1. The fraction of sp³-hybridized carbons (Fsp3) is 0.375. The molecule has 1 N–H and O–H groups in total. The van der Waals surface area contributed by atoms with E-state index in [1.54, 1.807) is 11.3 Å². The zero-order chi connectivity index (χ0) is 14.0. The van der Waals surface area contributed by atoms with Crippen molar-refractivity contribution in [2.24, 2.45) is 0 Å². The number of ether oxygens (including phenoxy) is 2. The standard InChI is InChI=1S/C16H21NO2S/c1-14(16-8-5-13-20-16)17-9-10-18-11-12-19-15-6-3-2-4-7-15/h2-8,13-14,17H,9-12H2,1H3. The summed E-state index contributed by atoms with van der Waals surface area (Å²) in [5, 5.41) is 5.54. The van der Waals surface area contributed by atoms with Crippen molar-refractivity contribution in [3.63, 3.8) is 0 Å². The summed E-state index contributed by atoms with van der Waals surface area (Å²) in [7, 11) is 0. The minimum atomic E-state index is 0.388. The highest BCUT2D eigenvalue weighted by Gasteiger charge is 2.04. The molecule has 108 valence electrons. The number of nitrogens with one attached hydrogen (secondary N) is 1. The summed E-state index contributed by atoms with van der Waals surface area (Å²) in [5.74, 6) is 0.889. The van der Waals surface area contributed by atoms with Crippen molar-refractivity contribution in [1.82, 2.24) is 5.32 Å². The number of hydrogen-bond donors (Lipinski definition) is 1. The summed E-state index contributed by atoms with van der Waals surface area (Å²) in [5.41, 5.74) is 0. The van der Waals surface area contributed by atoms with Crippen LogP contribution >= 0.6 is 11.3 Å². The zero-order valence-corrected chi connectivity index (χ0v) is 12.6. The van der Waals surface area contributed by atoms with E-state index in [2.05, 4.69) is 29.8 Å². The molecule has 0 saturated heterocycles. The molecule has 0 aliphatic heterocycles. The van der Waals surface area contributed by atoms with Crippen molar-refractivity contribution in [2.75, 3.05) is 26.4 Å². The van der Waals surface area contributed by atoms with Crippen LogP contribution in [0.25, 0.3) is 0 Å². The van der Waals surface area contributed by atoms with Gasteiger partial charge in [0.05, 0.1) is 13.2 Å². The monoisotopic (exact) mass is 291 g/mol. The summed E-state index contributed by atoms with van der Waals surface area (Å²) >= 11 is 1.78. The summed E-state index contributed by atoms with van der Waals surface area (Å²) in [4.78, 5) is 1.36. The molecular formula is C16H21NO2S. The van der Waals surface area contributed by atoms with Crippen LogP contribution in [0.15, 0.2) is 47.8 Å². The van der Waals surface area contributed by atoms with Crippen molar-refractivity contribution < 1.29 is 9.47 Å². The normalized spacial score (nSPS) is 12.2. The molecule has 20 heavy (non-hydrogen) atoms. The molecule has 0 radical (unpaired) electrons. The van der Waals surface area contributed by atoms with Crippen LogP contribution in [0.3, 0.4) is 0 Å². The van der Waals surface area contributed by atoms with E-state index in [4.69, 9.17) is 9.47 Å². The molecule has 1 heterocycles. The Bertz CT molecular complexity index is 459. The molecule has 0 amide bonds. The van der Waals surface area contributed by atoms with E-state index in [-0.39, 0.29) is 0 Å². The van der Waals surface area contributed by atoms with E-state index in [0.29, 0.717) is 25.9 Å². The number of para-hydroxylation sites is 1. The predicted molar refractivity (Wildman–Crippen MR) is 83.5 cm³/mol. The maximum Gasteiger partial charge on any atom is 0.119 e. The van der Waals surface area contributed by atoms with Gasteiger partial charge in [-0.25, -0.2) is 0 Å².